The minimum atomic E-state index is -2.30. The Kier molecular flexibility index (Phi) is 19.3. The summed E-state index contributed by atoms with van der Waals surface area (Å²) < 4.78 is 90.4. The van der Waals surface area contributed by atoms with Gasteiger partial charge in [-0.2, -0.15) is 0 Å². The zero-order chi connectivity index (χ0) is 98.1. The molecular formula is C113H111N15O5. The van der Waals surface area contributed by atoms with Gasteiger partial charge in [-0.25, -0.2) is 24.9 Å². The van der Waals surface area contributed by atoms with Gasteiger partial charge in [0.05, 0.1) is 62.4 Å². The molecule has 25 rings (SSSR count). The summed E-state index contributed by atoms with van der Waals surface area (Å²) in [4.78, 5) is 43.7. The molecule has 0 saturated heterocycles. The SMILES string of the molecule is [2H]C(C)(C)N1c2cccnc2N(c2c(C)ccc3c2oc2ccccc23)[C@H]1C.[2H]C(C)(C)N1c2cccnc2N(c2c(C)ccc3c2oc2ccccc23)[C@H]1C.[2H]C(C)(C)N1c2ncccc2N(c2c(C)ccc3c2oc2ccccc23)[C@H]1C.[2H]C(C)(C)N1c2ncccc2N(c2c(C)ccc3c2oc2ccccc23)[C@H]1C.[2H]C([2H])([2H])N1c2ncccc2N(c2c(C)ccc3c2oc2ccccc23)[C@H]1C. The molecule has 0 saturated carbocycles. The molecule has 10 aromatic heterocycles. The number of hydrogen-bond donors (Lipinski definition) is 0. The molecule has 5 aliphatic heterocycles. The van der Waals surface area contributed by atoms with Crippen molar-refractivity contribution in [3.8, 4) is 0 Å². The standard InChI is InChI=1S/4C23H23N3O.C21H19N3O/c2*1-14(2)25-16(4)26(19-9-7-13-24-23(19)25)21-15(3)11-12-18-17-8-5-6-10-20(17)27-22(18)21;2*1-14(2)25-16(4)26(23-19(25)9-7-13-24-23)21-15(3)11-12-18-17-8-5-6-10-20(17)27-22(18)21;1-13-10-11-16-15-7-4-5-9-18(15)25-20(16)19(13)24-14(2)23(3)21-17(24)8-6-12-22-21/h4*5-14,16H,1-4H3;4-12,14H,1-3H3/t4*16-;14-/m00000/s1/i4*14D;3D3. The average molecular weight is 1770 g/mol. The van der Waals surface area contributed by atoms with E-state index in [9.17, 15) is 0 Å². The first kappa shape index (κ1) is 76.8. The Morgan fingerprint density at radius 3 is 0.737 bits per heavy atom. The summed E-state index contributed by atoms with van der Waals surface area (Å²) in [5, 5.41) is 11.0. The molecule has 0 fully saturated rings. The van der Waals surface area contributed by atoms with Gasteiger partial charge >= 0.3 is 0 Å². The van der Waals surface area contributed by atoms with Crippen molar-refractivity contribution in [3.63, 3.8) is 0 Å². The second-order valence-electron chi connectivity index (χ2n) is 35.9. The first-order valence-electron chi connectivity index (χ1n) is 49.1. The Morgan fingerprint density at radius 2 is 0.466 bits per heavy atom. The topological polar surface area (TPSA) is 163 Å². The number of fused-ring (bicyclic) bond motifs is 20. The van der Waals surface area contributed by atoms with Crippen LogP contribution in [0.5, 0.6) is 0 Å². The third kappa shape index (κ3) is 13.7. The zero-order valence-electron chi connectivity index (χ0n) is 85.1. The van der Waals surface area contributed by atoms with Gasteiger partial charge in [0.1, 0.15) is 58.7 Å². The lowest BCUT2D eigenvalue weighted by molar-refractivity contribution is 0.598. The van der Waals surface area contributed by atoms with Crippen LogP contribution in [0, 0.1) is 34.6 Å². The molecular weight excluding hydrogens is 1650 g/mol. The molecule has 0 aliphatic carbocycles. The highest BCUT2D eigenvalue weighted by molar-refractivity contribution is 6.16. The number of benzene rings is 10. The van der Waals surface area contributed by atoms with Gasteiger partial charge in [-0.05, 0) is 243 Å². The number of rotatable bonds is 9. The lowest BCUT2D eigenvalue weighted by Crippen LogP contribution is -2.42. The van der Waals surface area contributed by atoms with Crippen molar-refractivity contribution in [1.29, 1.82) is 0 Å². The summed E-state index contributed by atoms with van der Waals surface area (Å²) in [7, 11) is 0. The summed E-state index contributed by atoms with van der Waals surface area (Å²) in [6, 6.07) is 78.3. The van der Waals surface area contributed by atoms with Crippen molar-refractivity contribution >= 4 is 196 Å². The van der Waals surface area contributed by atoms with E-state index in [2.05, 4.69) is 207 Å². The molecule has 668 valence electrons. The highest BCUT2D eigenvalue weighted by Crippen LogP contribution is 2.55. The minimum absolute atomic E-state index is 0.0603. The third-order valence-electron chi connectivity index (χ3n) is 26.7. The molecule has 133 heavy (non-hydrogen) atoms. The number of furan rings is 5. The molecule has 0 unspecified atom stereocenters. The van der Waals surface area contributed by atoms with Gasteiger partial charge in [0, 0.05) is 120 Å². The van der Waals surface area contributed by atoms with Crippen molar-refractivity contribution in [2.75, 3.05) is 56.0 Å². The molecule has 0 spiro atoms. The van der Waals surface area contributed by atoms with Gasteiger partial charge in [0.15, 0.2) is 57.0 Å². The Hall–Kier alpha value is -15.1. The van der Waals surface area contributed by atoms with Crippen LogP contribution in [0.25, 0.3) is 110 Å². The Balaban J connectivity index is 0.000000104. The summed E-state index contributed by atoms with van der Waals surface area (Å²) in [6.45, 7) is 33.8. The first-order chi connectivity index (χ1) is 66.9. The Morgan fingerprint density at radius 1 is 0.241 bits per heavy atom. The lowest BCUT2D eigenvalue weighted by atomic mass is 10.1. The van der Waals surface area contributed by atoms with Gasteiger partial charge in [0.2, 0.25) is 0 Å². The highest BCUT2D eigenvalue weighted by atomic mass is 16.3. The van der Waals surface area contributed by atoms with Gasteiger partial charge in [-0.15, -0.1) is 0 Å². The van der Waals surface area contributed by atoms with Crippen LogP contribution in [-0.2, 0) is 0 Å². The second-order valence-corrected chi connectivity index (χ2v) is 35.9. The van der Waals surface area contributed by atoms with Gasteiger partial charge in [-0.3, -0.25) is 0 Å². The zero-order valence-corrected chi connectivity index (χ0v) is 78.1. The molecule has 0 N–H and O–H groups in total. The molecule has 0 amide bonds. The molecule has 20 heteroatoms. The third-order valence-corrected chi connectivity index (χ3v) is 26.7. The van der Waals surface area contributed by atoms with E-state index >= 15 is 0 Å². The number of para-hydroxylation sites is 5. The summed E-state index contributed by atoms with van der Waals surface area (Å²) >= 11 is 0. The lowest BCUT2D eigenvalue weighted by Gasteiger charge is -2.33. The van der Waals surface area contributed by atoms with Crippen LogP contribution in [0.2, 0.25) is 0 Å². The predicted molar refractivity (Wildman–Crippen MR) is 550 cm³/mol. The fourth-order valence-electron chi connectivity index (χ4n) is 21.0. The van der Waals surface area contributed by atoms with E-state index in [1.165, 1.54) is 4.90 Å². The van der Waals surface area contributed by atoms with E-state index in [0.29, 0.717) is 5.82 Å². The second kappa shape index (κ2) is 33.4. The molecule has 0 bridgehead atoms. The number of aromatic nitrogens is 5. The molecule has 0 radical (unpaired) electrons. The van der Waals surface area contributed by atoms with Crippen molar-refractivity contribution in [1.82, 2.24) is 24.9 Å². The summed E-state index contributed by atoms with van der Waals surface area (Å²) in [5.41, 5.74) is 23.9. The normalized spacial score (nSPS) is 17.9. The van der Waals surface area contributed by atoms with Crippen LogP contribution in [0.1, 0.15) is 127 Å². The number of hydrogen-bond acceptors (Lipinski definition) is 20. The maximum atomic E-state index is 8.70. The van der Waals surface area contributed by atoms with Crippen molar-refractivity contribution in [3.05, 3.63) is 301 Å². The monoisotopic (exact) mass is 1760 g/mol. The van der Waals surface area contributed by atoms with E-state index in [1.54, 1.807) is 18.6 Å². The Labute approximate surface area is 784 Å². The molecule has 5 aliphatic rings. The van der Waals surface area contributed by atoms with Crippen molar-refractivity contribution < 1.29 is 31.7 Å². The van der Waals surface area contributed by atoms with Crippen LogP contribution in [0.3, 0.4) is 0 Å². The van der Waals surface area contributed by atoms with Crippen molar-refractivity contribution in [2.45, 2.75) is 180 Å². The van der Waals surface area contributed by atoms with Gasteiger partial charge < -0.3 is 71.1 Å². The largest absolute Gasteiger partial charge is 0.454 e. The van der Waals surface area contributed by atoms with Crippen LogP contribution in [-0.4, -0.2) is 86.8 Å². The van der Waals surface area contributed by atoms with E-state index in [1.807, 2.05) is 232 Å². The average Bonchev–Trinajstić information content (AvgIpc) is 1.59. The fourth-order valence-corrected chi connectivity index (χ4v) is 21.0. The van der Waals surface area contributed by atoms with Crippen molar-refractivity contribution in [2.24, 2.45) is 0 Å². The molecule has 10 aromatic carbocycles. The smallest absolute Gasteiger partial charge is 0.159 e. The number of aryl methyl sites for hydroxylation is 5. The summed E-state index contributed by atoms with van der Waals surface area (Å²) in [6.07, 6.45) is 8.16. The van der Waals surface area contributed by atoms with Crippen LogP contribution in [0.4, 0.5) is 86.0 Å². The Bertz CT molecular complexity index is 7160. The number of pyridine rings is 5. The van der Waals surface area contributed by atoms with Crippen LogP contribution in [0.15, 0.2) is 296 Å². The molecule has 15 heterocycles. The quantitative estimate of drug-likeness (QED) is 0.134. The fraction of sp³-hybridized carbons (Fsp3) is 0.248. The highest BCUT2D eigenvalue weighted by Gasteiger charge is 2.44. The molecule has 20 aromatic rings. The van der Waals surface area contributed by atoms with Gasteiger partial charge in [0.25, 0.3) is 0 Å². The van der Waals surface area contributed by atoms with Gasteiger partial charge in [-0.1, -0.05) is 152 Å². The summed E-state index contributed by atoms with van der Waals surface area (Å²) in [5.74, 6) is 3.87. The maximum absolute atomic E-state index is 8.70. The van der Waals surface area contributed by atoms with Crippen LogP contribution < -0.4 is 49.0 Å². The van der Waals surface area contributed by atoms with E-state index in [-0.39, 0.29) is 24.7 Å². The number of nitrogens with zero attached hydrogens (tertiary/aromatic N) is 15. The van der Waals surface area contributed by atoms with E-state index < -0.39 is 37.2 Å². The number of anilines is 15. The predicted octanol–water partition coefficient (Wildman–Crippen LogP) is 29.2. The van der Waals surface area contributed by atoms with E-state index in [0.717, 1.165) is 218 Å². The molecule has 5 atom stereocenters. The molecule has 20 nitrogen and oxygen atoms in total. The maximum Gasteiger partial charge on any atom is 0.159 e. The van der Waals surface area contributed by atoms with E-state index in [4.69, 9.17) is 41.6 Å². The first-order valence-corrected chi connectivity index (χ1v) is 45.6. The van der Waals surface area contributed by atoms with Crippen LogP contribution >= 0.6 is 0 Å². The minimum Gasteiger partial charge on any atom is -0.454 e.